The molecule has 0 fully saturated rings. The monoisotopic (exact) mass is 1930 g/mol. The maximum atomic E-state index is 5.48. The fourth-order valence-corrected chi connectivity index (χ4v) is 26.8. The van der Waals surface area contributed by atoms with Gasteiger partial charge in [-0.05, 0) is 182 Å². The number of rotatable bonds is 10. The first-order valence-electron chi connectivity index (χ1n) is 51.7. The summed E-state index contributed by atoms with van der Waals surface area (Å²) in [6.07, 6.45) is 0. The van der Waals surface area contributed by atoms with Crippen molar-refractivity contribution >= 4 is 119 Å². The van der Waals surface area contributed by atoms with Gasteiger partial charge in [0.05, 0.1) is 78.3 Å². The molecule has 0 spiro atoms. The Kier molecular flexibility index (Phi) is 19.5. The fraction of sp³-hybridized carbons (Fsp3) is 0.0863. The van der Waals surface area contributed by atoms with Crippen molar-refractivity contribution in [3.63, 3.8) is 0 Å². The van der Waals surface area contributed by atoms with Gasteiger partial charge in [0.15, 0.2) is 11.6 Å². The first-order valence-corrected chi connectivity index (χ1v) is 52.5. The minimum atomic E-state index is -0.262. The molecule has 0 N–H and O–H groups in total. The molecule has 8 heterocycles. The summed E-state index contributed by atoms with van der Waals surface area (Å²) in [6, 6.07) is 164. The molecule has 31 rings (SSSR count). The molecule has 0 saturated heterocycles. The summed E-state index contributed by atoms with van der Waals surface area (Å²) in [5, 5.41) is 12.9. The highest BCUT2D eigenvalue weighted by molar-refractivity contribution is 7.26. The Bertz CT molecular complexity index is 10300. The molecule has 149 heavy (non-hydrogen) atoms. The topological polar surface area (TPSA) is 84.2 Å². The first-order chi connectivity index (χ1) is 73.0. The second-order valence-corrected chi connectivity index (χ2v) is 43.4. The molecule has 4 aliphatic carbocycles. The van der Waals surface area contributed by atoms with Crippen LogP contribution in [0, 0.1) is 0 Å². The predicted octanol–water partition coefficient (Wildman–Crippen LogP) is 36.0. The molecular weight excluding hydrogens is 1830 g/mol. The van der Waals surface area contributed by atoms with Crippen molar-refractivity contribution in [3.05, 3.63) is 500 Å². The lowest BCUT2D eigenvalue weighted by atomic mass is 9.82. The average molecular weight is 1930 g/mol. The molecule has 19 aromatic carbocycles. The number of hydrogen-bond donors (Lipinski definition) is 0. The number of para-hydroxylation sites is 5. The van der Waals surface area contributed by atoms with Crippen molar-refractivity contribution in [1.82, 2.24) is 43.2 Å². The molecule has 0 bridgehead atoms. The number of hydrogen-bond acceptors (Lipinski definition) is 6. The van der Waals surface area contributed by atoms with Gasteiger partial charge in [0, 0.05) is 152 Å². The van der Waals surface area contributed by atoms with E-state index in [1.807, 2.05) is 11.3 Å². The zero-order valence-corrected chi connectivity index (χ0v) is 84.6. The van der Waals surface area contributed by atoms with Crippen molar-refractivity contribution in [1.29, 1.82) is 0 Å². The number of fused-ring (bicyclic) bond motifs is 30. The maximum Gasteiger partial charge on any atom is 0.160 e. The zero-order valence-electron chi connectivity index (χ0n) is 83.7. The summed E-state index contributed by atoms with van der Waals surface area (Å²) in [5.74, 6) is 1.48. The van der Waals surface area contributed by atoms with Crippen molar-refractivity contribution in [2.75, 3.05) is 0 Å². The molecule has 0 unspecified atom stereocenters. The van der Waals surface area contributed by atoms with Crippen LogP contribution in [0.2, 0.25) is 0 Å². The van der Waals surface area contributed by atoms with Gasteiger partial charge in [-0.1, -0.05) is 395 Å². The Morgan fingerprint density at radius 1 is 0.188 bits per heavy atom. The second-order valence-electron chi connectivity index (χ2n) is 42.4. The quantitative estimate of drug-likeness (QED) is 0.136. The van der Waals surface area contributed by atoms with E-state index in [-0.39, 0.29) is 21.7 Å². The van der Waals surface area contributed by atoms with Crippen LogP contribution in [0.5, 0.6) is 0 Å². The predicted molar refractivity (Wildman–Crippen MR) is 621 cm³/mol. The Balaban J connectivity index is 0.000000105. The normalized spacial score (nSPS) is 13.9. The van der Waals surface area contributed by atoms with Gasteiger partial charge in [-0.25, -0.2) is 19.9 Å². The van der Waals surface area contributed by atoms with Crippen molar-refractivity contribution in [2.45, 2.75) is 77.0 Å². The summed E-state index contributed by atoms with van der Waals surface area (Å²) in [5.41, 5.74) is 44.0. The Labute approximate surface area is 867 Å². The van der Waals surface area contributed by atoms with Crippen LogP contribution >= 0.6 is 11.3 Å². The van der Waals surface area contributed by atoms with Crippen LogP contribution in [0.3, 0.4) is 0 Å². The SMILES string of the molecule is CC1(C)c2ccccc2-c2c(-c3ccccc3)cc(-c3cccc(-n4c5ccccc5c5c6c(ccc54)sc4ccccc46)c3)nc21.CC1(C)c2ccccc2-c2c(-c3ccccc3)nc(-c3cccc(-n4c5ccccc5c5c6c7ccccc7n(-c7ccccc7)c6ccc54)c3)nc21.CC1(C)c2ccccc2-c2c1ccc1c2c2ccccc2n1-c1cccc(-c2nc(-c3ccccc3)c3c(n2)C(C)(C)c2ccccc2-3)c1. The molecule has 27 aromatic rings. The molecule has 0 aliphatic heterocycles. The third-order valence-corrected chi connectivity index (χ3v) is 33.7. The van der Waals surface area contributed by atoms with Crippen LogP contribution in [0.15, 0.2) is 455 Å². The molecular formula is C139H99N9S. The zero-order chi connectivity index (χ0) is 99.6. The summed E-state index contributed by atoms with van der Waals surface area (Å²) >= 11 is 1.88. The third-order valence-electron chi connectivity index (χ3n) is 32.6. The fourth-order valence-electron chi connectivity index (χ4n) is 25.7. The molecule has 10 heteroatoms. The highest BCUT2D eigenvalue weighted by Gasteiger charge is 2.44. The van der Waals surface area contributed by atoms with Gasteiger partial charge in [-0.3, -0.25) is 4.98 Å². The van der Waals surface area contributed by atoms with Crippen LogP contribution in [0.1, 0.15) is 100 Å². The standard InChI is InChI=1S/C49H34N4.C46H35N3.C44H30N2S/c1-49(2)38-25-12-9-22-35(38)45-46(31-16-5-3-6-17-31)50-48(51-47(45)49)32-18-15-21-34(30-32)53-40-27-14-11-24-37(40)44-42(53)29-28-41-43(44)36-23-10-13-26-39(36)52(41)33-19-7-4-8-20-33;1-45(2)34-22-11-8-19-31(34)39-36(45)25-26-38-40(39)33-21-10-13-24-37(33)49(38)30-18-14-17-29(27-30)44-47-42(28-15-6-5-7-16-28)41-32-20-9-12-23-35(32)46(3,4)43(41)48-44;1-44(2)34-20-9-6-17-30(34)40-33(27-13-4-3-5-14-27)26-35(45-43(40)44)28-15-12-16-29(25-28)46-36-21-10-7-18-31(36)41-37(46)23-24-39-42(41)32-19-8-11-22-38(32)47-39/h3-30H,1-2H3;5-27H,1-4H3;3-26H,1-2H3. The van der Waals surface area contributed by atoms with Gasteiger partial charge in [0.1, 0.15) is 0 Å². The van der Waals surface area contributed by atoms with Gasteiger partial charge < -0.3 is 18.3 Å². The van der Waals surface area contributed by atoms with Crippen LogP contribution in [-0.4, -0.2) is 43.2 Å². The summed E-state index contributed by atoms with van der Waals surface area (Å²) in [6.45, 7) is 18.5. The second kappa shape index (κ2) is 33.2. The third kappa shape index (κ3) is 13.2. The first kappa shape index (κ1) is 87.5. The largest absolute Gasteiger partial charge is 0.309 e. The van der Waals surface area contributed by atoms with E-state index >= 15 is 0 Å². The van der Waals surface area contributed by atoms with Crippen molar-refractivity contribution in [3.8, 4) is 135 Å². The Morgan fingerprint density at radius 2 is 0.510 bits per heavy atom. The van der Waals surface area contributed by atoms with E-state index in [0.717, 1.165) is 108 Å². The number of pyridine rings is 1. The van der Waals surface area contributed by atoms with Crippen LogP contribution < -0.4 is 0 Å². The minimum Gasteiger partial charge on any atom is -0.309 e. The minimum absolute atomic E-state index is 0.0575. The molecule has 0 saturated carbocycles. The lowest BCUT2D eigenvalue weighted by molar-refractivity contribution is 0.636. The van der Waals surface area contributed by atoms with Gasteiger partial charge in [0.2, 0.25) is 0 Å². The van der Waals surface area contributed by atoms with Gasteiger partial charge in [-0.2, -0.15) is 0 Å². The van der Waals surface area contributed by atoms with E-state index in [4.69, 9.17) is 24.9 Å². The van der Waals surface area contributed by atoms with E-state index in [2.05, 4.69) is 529 Å². The Morgan fingerprint density at radius 3 is 0.980 bits per heavy atom. The van der Waals surface area contributed by atoms with Gasteiger partial charge in [0.25, 0.3) is 0 Å². The summed E-state index contributed by atoms with van der Waals surface area (Å²) < 4.78 is 12.3. The highest BCUT2D eigenvalue weighted by atomic mass is 32.1. The lowest BCUT2D eigenvalue weighted by Gasteiger charge is -2.21. The number of benzene rings is 19. The number of aromatic nitrogens is 9. The molecule has 4 aliphatic rings. The molecule has 0 atom stereocenters. The number of thiophene rings is 1. The highest BCUT2D eigenvalue weighted by Crippen LogP contribution is 2.59. The molecule has 0 radical (unpaired) electrons. The number of nitrogens with zero attached hydrogens (tertiary/aromatic N) is 9. The molecule has 706 valence electrons. The smallest absolute Gasteiger partial charge is 0.160 e. The van der Waals surface area contributed by atoms with E-state index in [0.29, 0.717) is 0 Å². The Hall–Kier alpha value is -18.1. The lowest BCUT2D eigenvalue weighted by Crippen LogP contribution is -2.17. The van der Waals surface area contributed by atoms with Crippen molar-refractivity contribution < 1.29 is 0 Å². The van der Waals surface area contributed by atoms with Crippen LogP contribution in [0.25, 0.3) is 242 Å². The van der Waals surface area contributed by atoms with E-state index in [1.165, 1.54) is 180 Å². The summed E-state index contributed by atoms with van der Waals surface area (Å²) in [7, 11) is 0. The van der Waals surface area contributed by atoms with Gasteiger partial charge in [-0.15, -0.1) is 11.3 Å². The molecule has 0 amide bonds. The van der Waals surface area contributed by atoms with Crippen LogP contribution in [0.4, 0.5) is 0 Å². The molecule has 9 nitrogen and oxygen atoms in total. The van der Waals surface area contributed by atoms with E-state index in [1.54, 1.807) is 0 Å². The summed E-state index contributed by atoms with van der Waals surface area (Å²) in [4.78, 5) is 27.0. The van der Waals surface area contributed by atoms with Crippen LogP contribution in [-0.2, 0) is 21.7 Å². The van der Waals surface area contributed by atoms with E-state index in [9.17, 15) is 0 Å². The maximum absolute atomic E-state index is 5.48. The van der Waals surface area contributed by atoms with E-state index < -0.39 is 0 Å². The average Bonchev–Trinajstić information content (AvgIpc) is 1.06. The van der Waals surface area contributed by atoms with Gasteiger partial charge >= 0.3 is 0 Å². The molecule has 8 aromatic heterocycles. The van der Waals surface area contributed by atoms with Crippen molar-refractivity contribution in [2.24, 2.45) is 0 Å².